The Bertz CT molecular complexity index is 1020. The first-order valence-corrected chi connectivity index (χ1v) is 8.77. The van der Waals surface area contributed by atoms with Gasteiger partial charge in [-0.3, -0.25) is 14.7 Å². The van der Waals surface area contributed by atoms with Crippen LogP contribution in [0.5, 0.6) is 11.5 Å². The highest BCUT2D eigenvalue weighted by Crippen LogP contribution is 2.29. The maximum Gasteiger partial charge on any atom is 0.254 e. The highest BCUT2D eigenvalue weighted by molar-refractivity contribution is 5.53. The fourth-order valence-electron chi connectivity index (χ4n) is 3.48. The normalized spacial score (nSPS) is 14.1. The van der Waals surface area contributed by atoms with Crippen molar-refractivity contribution in [1.29, 1.82) is 0 Å². The quantitative estimate of drug-likeness (QED) is 0.658. The van der Waals surface area contributed by atoms with Crippen molar-refractivity contribution in [3.05, 3.63) is 69.4 Å². The lowest BCUT2D eigenvalue weighted by atomic mass is 10.0. The molecule has 0 spiro atoms. The van der Waals surface area contributed by atoms with Gasteiger partial charge in [0.25, 0.3) is 5.56 Å². The van der Waals surface area contributed by atoms with Crippen molar-refractivity contribution in [3.63, 3.8) is 0 Å². The van der Waals surface area contributed by atoms with Crippen molar-refractivity contribution in [2.75, 3.05) is 6.54 Å². The number of hydrogen-bond donors (Lipinski definition) is 3. The van der Waals surface area contributed by atoms with Gasteiger partial charge in [-0.25, -0.2) is 4.98 Å². The number of aryl methyl sites for hydroxylation is 1. The molecule has 138 valence electrons. The van der Waals surface area contributed by atoms with Gasteiger partial charge < -0.3 is 15.2 Å². The Kier molecular flexibility index (Phi) is 4.37. The van der Waals surface area contributed by atoms with Crippen LogP contribution < -0.4 is 5.56 Å². The van der Waals surface area contributed by atoms with Gasteiger partial charge in [0.1, 0.15) is 17.3 Å². The maximum absolute atomic E-state index is 12.5. The van der Waals surface area contributed by atoms with E-state index in [1.54, 1.807) is 24.5 Å². The molecule has 2 aromatic heterocycles. The predicted molar refractivity (Wildman–Crippen MR) is 100 cm³/mol. The van der Waals surface area contributed by atoms with E-state index in [-0.39, 0.29) is 17.1 Å². The zero-order chi connectivity index (χ0) is 19.0. The van der Waals surface area contributed by atoms with E-state index in [4.69, 9.17) is 0 Å². The first-order chi connectivity index (χ1) is 13.0. The minimum atomic E-state index is -0.109. The molecule has 1 aliphatic rings. The number of pyridine rings is 1. The number of fused-ring (bicyclic) bond motifs is 1. The Balaban J connectivity index is 1.63. The molecule has 0 bridgehead atoms. The molecular formula is C20H20N4O3. The second-order valence-electron chi connectivity index (χ2n) is 6.80. The van der Waals surface area contributed by atoms with Crippen molar-refractivity contribution in [2.45, 2.75) is 26.4 Å². The molecule has 3 heterocycles. The van der Waals surface area contributed by atoms with E-state index in [9.17, 15) is 15.0 Å². The number of aromatic hydroxyl groups is 2. The van der Waals surface area contributed by atoms with Gasteiger partial charge in [-0.1, -0.05) is 0 Å². The highest BCUT2D eigenvalue weighted by atomic mass is 16.3. The second-order valence-corrected chi connectivity index (χ2v) is 6.80. The van der Waals surface area contributed by atoms with E-state index >= 15 is 0 Å². The van der Waals surface area contributed by atoms with Crippen LogP contribution >= 0.6 is 0 Å². The third-order valence-corrected chi connectivity index (χ3v) is 4.90. The van der Waals surface area contributed by atoms with Gasteiger partial charge in [0, 0.05) is 54.8 Å². The lowest BCUT2D eigenvalue weighted by molar-refractivity contribution is 0.237. The average molecular weight is 364 g/mol. The smallest absolute Gasteiger partial charge is 0.254 e. The molecule has 0 atom stereocenters. The first-order valence-electron chi connectivity index (χ1n) is 8.77. The molecule has 0 aliphatic carbocycles. The minimum Gasteiger partial charge on any atom is -0.508 e. The summed E-state index contributed by atoms with van der Waals surface area (Å²) in [6, 6.07) is 6.65. The zero-order valence-corrected chi connectivity index (χ0v) is 14.9. The van der Waals surface area contributed by atoms with Crippen molar-refractivity contribution in [2.24, 2.45) is 0 Å². The van der Waals surface area contributed by atoms with E-state index in [0.717, 1.165) is 22.4 Å². The summed E-state index contributed by atoms with van der Waals surface area (Å²) in [5, 5.41) is 19.8. The molecule has 0 unspecified atom stereocenters. The first kappa shape index (κ1) is 17.2. The Labute approximate surface area is 156 Å². The summed E-state index contributed by atoms with van der Waals surface area (Å²) in [6.07, 6.45) is 3.94. The van der Waals surface area contributed by atoms with Crippen molar-refractivity contribution >= 4 is 0 Å². The lowest BCUT2D eigenvalue weighted by Crippen LogP contribution is -2.35. The number of aromatic amines is 1. The van der Waals surface area contributed by atoms with Crippen molar-refractivity contribution in [3.8, 4) is 22.9 Å². The van der Waals surface area contributed by atoms with Crippen LogP contribution in [0.2, 0.25) is 0 Å². The maximum atomic E-state index is 12.5. The molecule has 1 aromatic carbocycles. The highest BCUT2D eigenvalue weighted by Gasteiger charge is 2.23. The number of benzene rings is 1. The molecule has 0 radical (unpaired) electrons. The summed E-state index contributed by atoms with van der Waals surface area (Å²) in [5.41, 5.74) is 3.72. The standard InChI is InChI=1S/C20H20N4O3/c1-12-7-14(25)8-18(26)16(12)10-24-6-4-15-17(11-24)22-19(23-20(15)27)13-3-2-5-21-9-13/h2-3,5,7-9,25-26H,4,6,10-11H2,1H3,(H,22,23,27). The van der Waals surface area contributed by atoms with Gasteiger partial charge in [-0.05, 0) is 37.1 Å². The SMILES string of the molecule is Cc1cc(O)cc(O)c1CN1CCc2c(nc(-c3cccnc3)[nH]c2=O)C1. The largest absolute Gasteiger partial charge is 0.508 e. The molecule has 3 aromatic rings. The predicted octanol–water partition coefficient (Wildman–Crippen LogP) is 2.11. The van der Waals surface area contributed by atoms with Crippen LogP contribution in [-0.2, 0) is 19.5 Å². The van der Waals surface area contributed by atoms with Crippen LogP contribution in [0, 0.1) is 6.92 Å². The molecule has 0 saturated carbocycles. The van der Waals surface area contributed by atoms with Gasteiger partial charge >= 0.3 is 0 Å². The molecule has 0 saturated heterocycles. The van der Waals surface area contributed by atoms with Crippen LogP contribution in [0.15, 0.2) is 41.5 Å². The molecule has 0 fully saturated rings. The van der Waals surface area contributed by atoms with Crippen molar-refractivity contribution in [1.82, 2.24) is 19.9 Å². The van der Waals surface area contributed by atoms with Crippen LogP contribution in [0.4, 0.5) is 0 Å². The van der Waals surface area contributed by atoms with Gasteiger partial charge in [0.15, 0.2) is 0 Å². The van der Waals surface area contributed by atoms with Gasteiger partial charge in [-0.2, -0.15) is 0 Å². The summed E-state index contributed by atoms with van der Waals surface area (Å²) in [5.74, 6) is 0.637. The molecule has 3 N–H and O–H groups in total. The Morgan fingerprint density at radius 2 is 2.15 bits per heavy atom. The number of hydrogen-bond acceptors (Lipinski definition) is 6. The van der Waals surface area contributed by atoms with E-state index < -0.39 is 0 Å². The number of H-pyrrole nitrogens is 1. The Morgan fingerprint density at radius 1 is 1.30 bits per heavy atom. The zero-order valence-electron chi connectivity index (χ0n) is 14.9. The van der Waals surface area contributed by atoms with Gasteiger partial charge in [-0.15, -0.1) is 0 Å². The Morgan fingerprint density at radius 3 is 2.89 bits per heavy atom. The number of phenols is 2. The summed E-state index contributed by atoms with van der Waals surface area (Å²) in [4.78, 5) is 26.2. The second kappa shape index (κ2) is 6.85. The number of nitrogens with one attached hydrogen (secondary N) is 1. The van der Waals surface area contributed by atoms with Crippen LogP contribution in [-0.4, -0.2) is 36.6 Å². The number of phenolic OH excluding ortho intramolecular Hbond substituents is 2. The molecule has 27 heavy (non-hydrogen) atoms. The molecule has 1 aliphatic heterocycles. The van der Waals surface area contributed by atoms with Crippen molar-refractivity contribution < 1.29 is 10.2 Å². The Hall–Kier alpha value is -3.19. The van der Waals surface area contributed by atoms with Gasteiger partial charge in [0.05, 0.1) is 5.69 Å². The number of aromatic nitrogens is 3. The van der Waals surface area contributed by atoms with Crippen LogP contribution in [0.25, 0.3) is 11.4 Å². The molecule has 4 rings (SSSR count). The molecule has 0 amide bonds. The summed E-state index contributed by atoms with van der Waals surface area (Å²) in [6.45, 7) is 3.60. The van der Waals surface area contributed by atoms with E-state index in [1.165, 1.54) is 6.07 Å². The lowest BCUT2D eigenvalue weighted by Gasteiger charge is -2.28. The summed E-state index contributed by atoms with van der Waals surface area (Å²) in [7, 11) is 0. The third kappa shape index (κ3) is 3.41. The summed E-state index contributed by atoms with van der Waals surface area (Å²) < 4.78 is 0. The van der Waals surface area contributed by atoms with Gasteiger partial charge in [0.2, 0.25) is 0 Å². The van der Waals surface area contributed by atoms with E-state index in [0.29, 0.717) is 37.4 Å². The average Bonchev–Trinajstić information content (AvgIpc) is 2.65. The topological polar surface area (TPSA) is 102 Å². The van der Waals surface area contributed by atoms with Crippen LogP contribution in [0.3, 0.4) is 0 Å². The fourth-order valence-corrected chi connectivity index (χ4v) is 3.48. The molecular weight excluding hydrogens is 344 g/mol. The monoisotopic (exact) mass is 364 g/mol. The van der Waals surface area contributed by atoms with E-state index in [1.807, 2.05) is 13.0 Å². The van der Waals surface area contributed by atoms with E-state index in [2.05, 4.69) is 19.9 Å². The third-order valence-electron chi connectivity index (χ3n) is 4.90. The van der Waals surface area contributed by atoms with Crippen LogP contribution in [0.1, 0.15) is 22.4 Å². The fraction of sp³-hybridized carbons (Fsp3) is 0.250. The summed E-state index contributed by atoms with van der Waals surface area (Å²) >= 11 is 0. The molecule has 7 heteroatoms. The molecule has 7 nitrogen and oxygen atoms in total. The number of nitrogens with zero attached hydrogens (tertiary/aromatic N) is 3. The minimum absolute atomic E-state index is 0.0482. The number of rotatable bonds is 3.